The first-order chi connectivity index (χ1) is 9.36. The first-order valence-electron chi connectivity index (χ1n) is 7.36. The molecule has 0 amide bonds. The standard InChI is InChI=1S/C17H27NO2/c1-11-7-14(18-10-11)12-8-16(20-6)13(17(2,3)4)9-15(12)19-5/h8-9,11,14,18H,7,10H2,1-6H3. The van der Waals surface area contributed by atoms with Crippen LogP contribution in [0.4, 0.5) is 0 Å². The molecule has 112 valence electrons. The molecule has 3 nitrogen and oxygen atoms in total. The fourth-order valence-corrected chi connectivity index (χ4v) is 2.93. The van der Waals surface area contributed by atoms with Gasteiger partial charge < -0.3 is 14.8 Å². The van der Waals surface area contributed by atoms with E-state index < -0.39 is 0 Å². The van der Waals surface area contributed by atoms with Crippen LogP contribution in [0.25, 0.3) is 0 Å². The van der Waals surface area contributed by atoms with Crippen molar-refractivity contribution in [3.8, 4) is 11.5 Å². The minimum Gasteiger partial charge on any atom is -0.496 e. The molecule has 2 unspecified atom stereocenters. The molecule has 1 saturated heterocycles. The van der Waals surface area contributed by atoms with Crippen molar-refractivity contribution in [1.82, 2.24) is 5.32 Å². The molecular formula is C17H27NO2. The molecule has 1 N–H and O–H groups in total. The van der Waals surface area contributed by atoms with Crippen LogP contribution in [0.3, 0.4) is 0 Å². The van der Waals surface area contributed by atoms with Crippen molar-refractivity contribution in [2.24, 2.45) is 5.92 Å². The number of rotatable bonds is 3. The normalized spacial score (nSPS) is 22.9. The van der Waals surface area contributed by atoms with E-state index in [0.717, 1.165) is 24.5 Å². The van der Waals surface area contributed by atoms with Gasteiger partial charge in [-0.3, -0.25) is 0 Å². The molecule has 2 rings (SSSR count). The van der Waals surface area contributed by atoms with Crippen molar-refractivity contribution >= 4 is 0 Å². The molecule has 1 aliphatic heterocycles. The Labute approximate surface area is 122 Å². The van der Waals surface area contributed by atoms with Crippen LogP contribution < -0.4 is 14.8 Å². The molecule has 20 heavy (non-hydrogen) atoms. The average molecular weight is 277 g/mol. The number of ether oxygens (including phenoxy) is 2. The molecule has 3 heteroatoms. The number of methoxy groups -OCH3 is 2. The lowest BCUT2D eigenvalue weighted by atomic mass is 9.84. The largest absolute Gasteiger partial charge is 0.496 e. The average Bonchev–Trinajstić information content (AvgIpc) is 2.82. The van der Waals surface area contributed by atoms with Gasteiger partial charge in [-0.2, -0.15) is 0 Å². The minimum absolute atomic E-state index is 0.0353. The fourth-order valence-electron chi connectivity index (χ4n) is 2.93. The Bertz CT molecular complexity index is 477. The summed E-state index contributed by atoms with van der Waals surface area (Å²) in [4.78, 5) is 0. The number of hydrogen-bond acceptors (Lipinski definition) is 3. The summed E-state index contributed by atoms with van der Waals surface area (Å²) in [5.41, 5.74) is 2.43. The van der Waals surface area contributed by atoms with Crippen molar-refractivity contribution in [2.45, 2.75) is 45.6 Å². The van der Waals surface area contributed by atoms with Gasteiger partial charge in [0, 0.05) is 17.2 Å². The molecule has 0 spiro atoms. The van der Waals surface area contributed by atoms with E-state index in [1.807, 2.05) is 0 Å². The van der Waals surface area contributed by atoms with Gasteiger partial charge in [0.2, 0.25) is 0 Å². The van der Waals surface area contributed by atoms with E-state index in [9.17, 15) is 0 Å². The molecule has 0 aliphatic carbocycles. The second-order valence-corrected chi connectivity index (χ2v) is 6.85. The Morgan fingerprint density at radius 3 is 2.20 bits per heavy atom. The number of hydrogen-bond donors (Lipinski definition) is 1. The van der Waals surface area contributed by atoms with Crippen LogP contribution in [0.15, 0.2) is 12.1 Å². The highest BCUT2D eigenvalue weighted by Gasteiger charge is 2.28. The predicted octanol–water partition coefficient (Wildman–Crippen LogP) is 3.67. The van der Waals surface area contributed by atoms with Gasteiger partial charge in [0.05, 0.1) is 14.2 Å². The van der Waals surface area contributed by atoms with Gasteiger partial charge in [-0.25, -0.2) is 0 Å². The van der Waals surface area contributed by atoms with Crippen LogP contribution in [-0.2, 0) is 5.41 Å². The van der Waals surface area contributed by atoms with E-state index >= 15 is 0 Å². The van der Waals surface area contributed by atoms with Gasteiger partial charge in [-0.15, -0.1) is 0 Å². The first kappa shape index (κ1) is 15.2. The third-order valence-electron chi connectivity index (χ3n) is 4.09. The van der Waals surface area contributed by atoms with E-state index in [1.165, 1.54) is 11.1 Å². The third kappa shape index (κ3) is 2.93. The topological polar surface area (TPSA) is 30.5 Å². The Morgan fingerprint density at radius 2 is 1.75 bits per heavy atom. The van der Waals surface area contributed by atoms with Crippen LogP contribution in [0.5, 0.6) is 11.5 Å². The Morgan fingerprint density at radius 1 is 1.10 bits per heavy atom. The van der Waals surface area contributed by atoms with Crippen molar-refractivity contribution in [3.05, 3.63) is 23.3 Å². The summed E-state index contributed by atoms with van der Waals surface area (Å²) in [6.45, 7) is 9.93. The first-order valence-corrected chi connectivity index (χ1v) is 7.36. The molecule has 0 bridgehead atoms. The van der Waals surface area contributed by atoms with E-state index in [2.05, 4.69) is 45.1 Å². The number of benzene rings is 1. The lowest BCUT2D eigenvalue weighted by molar-refractivity contribution is 0.380. The molecule has 1 aromatic rings. The van der Waals surface area contributed by atoms with Crippen molar-refractivity contribution in [2.75, 3.05) is 20.8 Å². The van der Waals surface area contributed by atoms with Crippen LogP contribution in [0.2, 0.25) is 0 Å². The van der Waals surface area contributed by atoms with Gasteiger partial charge in [0.15, 0.2) is 0 Å². The summed E-state index contributed by atoms with van der Waals surface area (Å²) in [6, 6.07) is 4.65. The highest BCUT2D eigenvalue weighted by molar-refractivity contribution is 5.50. The molecule has 0 saturated carbocycles. The molecule has 0 radical (unpaired) electrons. The lowest BCUT2D eigenvalue weighted by Gasteiger charge is -2.25. The molecule has 1 aliphatic rings. The molecule has 1 fully saturated rings. The van der Waals surface area contributed by atoms with Crippen LogP contribution in [0.1, 0.15) is 51.3 Å². The summed E-state index contributed by atoms with van der Waals surface area (Å²) < 4.78 is 11.2. The second-order valence-electron chi connectivity index (χ2n) is 6.85. The lowest BCUT2D eigenvalue weighted by Crippen LogP contribution is -2.17. The molecular weight excluding hydrogens is 250 g/mol. The molecule has 1 aromatic carbocycles. The molecule has 1 heterocycles. The maximum Gasteiger partial charge on any atom is 0.124 e. The van der Waals surface area contributed by atoms with Crippen molar-refractivity contribution in [1.29, 1.82) is 0 Å². The highest BCUT2D eigenvalue weighted by Crippen LogP contribution is 2.41. The SMILES string of the molecule is COc1cc(C(C)(C)C)c(OC)cc1C1CC(C)CN1. The zero-order chi connectivity index (χ0) is 14.9. The monoisotopic (exact) mass is 277 g/mol. The van der Waals surface area contributed by atoms with Crippen LogP contribution in [-0.4, -0.2) is 20.8 Å². The molecule has 2 atom stereocenters. The maximum absolute atomic E-state index is 5.63. The van der Waals surface area contributed by atoms with E-state index in [1.54, 1.807) is 14.2 Å². The zero-order valence-electron chi connectivity index (χ0n) is 13.5. The zero-order valence-corrected chi connectivity index (χ0v) is 13.5. The summed E-state index contributed by atoms with van der Waals surface area (Å²) in [7, 11) is 3.49. The summed E-state index contributed by atoms with van der Waals surface area (Å²) in [6.07, 6.45) is 1.15. The van der Waals surface area contributed by atoms with Gasteiger partial charge in [0.25, 0.3) is 0 Å². The smallest absolute Gasteiger partial charge is 0.124 e. The quantitative estimate of drug-likeness (QED) is 0.914. The highest BCUT2D eigenvalue weighted by atomic mass is 16.5. The summed E-state index contributed by atoms with van der Waals surface area (Å²) in [5, 5.41) is 3.57. The fraction of sp³-hybridized carbons (Fsp3) is 0.647. The van der Waals surface area contributed by atoms with Gasteiger partial charge >= 0.3 is 0 Å². The predicted molar refractivity (Wildman–Crippen MR) is 82.8 cm³/mol. The summed E-state index contributed by atoms with van der Waals surface area (Å²) >= 11 is 0. The Balaban J connectivity index is 2.47. The van der Waals surface area contributed by atoms with Crippen molar-refractivity contribution in [3.63, 3.8) is 0 Å². The third-order valence-corrected chi connectivity index (χ3v) is 4.09. The van der Waals surface area contributed by atoms with E-state index in [-0.39, 0.29) is 5.41 Å². The second kappa shape index (κ2) is 5.65. The Kier molecular flexibility index (Phi) is 4.28. The Hall–Kier alpha value is -1.22. The van der Waals surface area contributed by atoms with E-state index in [4.69, 9.17) is 9.47 Å². The van der Waals surface area contributed by atoms with E-state index in [0.29, 0.717) is 12.0 Å². The molecule has 0 aromatic heterocycles. The van der Waals surface area contributed by atoms with Crippen LogP contribution >= 0.6 is 0 Å². The summed E-state index contributed by atoms with van der Waals surface area (Å²) in [5.74, 6) is 2.62. The van der Waals surface area contributed by atoms with Gasteiger partial charge in [0.1, 0.15) is 11.5 Å². The van der Waals surface area contributed by atoms with Crippen molar-refractivity contribution < 1.29 is 9.47 Å². The van der Waals surface area contributed by atoms with Gasteiger partial charge in [-0.1, -0.05) is 27.7 Å². The number of nitrogens with one attached hydrogen (secondary N) is 1. The minimum atomic E-state index is 0.0353. The van der Waals surface area contributed by atoms with Gasteiger partial charge in [-0.05, 0) is 36.4 Å². The van der Waals surface area contributed by atoms with Crippen LogP contribution in [0, 0.1) is 5.92 Å². The maximum atomic E-state index is 5.63.